The average molecular weight is 292 g/mol. The summed E-state index contributed by atoms with van der Waals surface area (Å²) >= 11 is 6.02. The van der Waals surface area contributed by atoms with Crippen molar-refractivity contribution in [3.63, 3.8) is 0 Å². The third-order valence-electron chi connectivity index (χ3n) is 3.13. The molecule has 0 saturated heterocycles. The maximum atomic E-state index is 6.02. The summed E-state index contributed by atoms with van der Waals surface area (Å²) in [5.74, 6) is 1.51. The van der Waals surface area contributed by atoms with Crippen LogP contribution in [-0.2, 0) is 0 Å². The largest absolute Gasteiger partial charge is 0.497 e. The standard InChI is InChI=1S/C16H18ClNO2/c1-11(12-5-4-6-13(17)9-12)18-15-8-7-14(19-2)10-16(15)20-3/h4-11,18H,1-3H3. The van der Waals surface area contributed by atoms with Gasteiger partial charge in [-0.1, -0.05) is 23.7 Å². The van der Waals surface area contributed by atoms with E-state index in [0.717, 1.165) is 27.8 Å². The highest BCUT2D eigenvalue weighted by Crippen LogP contribution is 2.32. The molecule has 0 heterocycles. The van der Waals surface area contributed by atoms with Crippen molar-refractivity contribution in [3.05, 3.63) is 53.1 Å². The van der Waals surface area contributed by atoms with E-state index < -0.39 is 0 Å². The molecule has 0 spiro atoms. The minimum Gasteiger partial charge on any atom is -0.497 e. The van der Waals surface area contributed by atoms with Crippen molar-refractivity contribution < 1.29 is 9.47 Å². The minimum absolute atomic E-state index is 0.121. The molecule has 20 heavy (non-hydrogen) atoms. The van der Waals surface area contributed by atoms with E-state index in [-0.39, 0.29) is 6.04 Å². The van der Waals surface area contributed by atoms with Gasteiger partial charge in [0.25, 0.3) is 0 Å². The van der Waals surface area contributed by atoms with Crippen molar-refractivity contribution >= 4 is 17.3 Å². The van der Waals surface area contributed by atoms with E-state index in [1.165, 1.54) is 0 Å². The van der Waals surface area contributed by atoms with Gasteiger partial charge >= 0.3 is 0 Å². The normalized spacial score (nSPS) is 11.8. The Morgan fingerprint density at radius 2 is 1.85 bits per heavy atom. The van der Waals surface area contributed by atoms with Crippen LogP contribution in [0.1, 0.15) is 18.5 Å². The lowest BCUT2D eigenvalue weighted by Gasteiger charge is -2.18. The molecule has 1 N–H and O–H groups in total. The van der Waals surface area contributed by atoms with Crippen LogP contribution in [0.25, 0.3) is 0 Å². The van der Waals surface area contributed by atoms with Gasteiger partial charge in [0.1, 0.15) is 11.5 Å². The van der Waals surface area contributed by atoms with Crippen LogP contribution < -0.4 is 14.8 Å². The Balaban J connectivity index is 2.21. The Bertz CT molecular complexity index is 586. The molecule has 0 saturated carbocycles. The lowest BCUT2D eigenvalue weighted by Crippen LogP contribution is -2.07. The van der Waals surface area contributed by atoms with Gasteiger partial charge in [0.15, 0.2) is 0 Å². The highest BCUT2D eigenvalue weighted by Gasteiger charge is 2.10. The van der Waals surface area contributed by atoms with Gasteiger partial charge in [0.2, 0.25) is 0 Å². The molecule has 1 unspecified atom stereocenters. The molecule has 0 aliphatic carbocycles. The van der Waals surface area contributed by atoms with Crippen LogP contribution in [0.5, 0.6) is 11.5 Å². The van der Waals surface area contributed by atoms with E-state index in [2.05, 4.69) is 12.2 Å². The molecule has 0 radical (unpaired) electrons. The first-order valence-electron chi connectivity index (χ1n) is 6.38. The summed E-state index contributed by atoms with van der Waals surface area (Å²) in [5.41, 5.74) is 2.04. The summed E-state index contributed by atoms with van der Waals surface area (Å²) in [6, 6.07) is 13.6. The van der Waals surface area contributed by atoms with Crippen LogP contribution in [0.4, 0.5) is 5.69 Å². The average Bonchev–Trinajstić information content (AvgIpc) is 2.47. The molecule has 0 aromatic heterocycles. The van der Waals surface area contributed by atoms with Gasteiger partial charge < -0.3 is 14.8 Å². The molecule has 0 aliphatic rings. The molecule has 2 aromatic carbocycles. The van der Waals surface area contributed by atoms with Gasteiger partial charge in [-0.15, -0.1) is 0 Å². The third kappa shape index (κ3) is 3.36. The summed E-state index contributed by atoms with van der Waals surface area (Å²) in [6.07, 6.45) is 0. The summed E-state index contributed by atoms with van der Waals surface area (Å²) in [5, 5.41) is 4.15. The van der Waals surface area contributed by atoms with Gasteiger partial charge in [0.05, 0.1) is 19.9 Å². The topological polar surface area (TPSA) is 30.5 Å². The molecular formula is C16H18ClNO2. The Morgan fingerprint density at radius 3 is 2.50 bits per heavy atom. The third-order valence-corrected chi connectivity index (χ3v) is 3.36. The van der Waals surface area contributed by atoms with Crippen molar-refractivity contribution in [2.75, 3.05) is 19.5 Å². The van der Waals surface area contributed by atoms with Crippen molar-refractivity contribution in [3.8, 4) is 11.5 Å². The maximum absolute atomic E-state index is 6.02. The minimum atomic E-state index is 0.121. The fourth-order valence-electron chi connectivity index (χ4n) is 2.01. The molecule has 4 heteroatoms. The molecule has 2 aromatic rings. The Kier molecular flexibility index (Phi) is 4.74. The van der Waals surface area contributed by atoms with E-state index in [1.54, 1.807) is 14.2 Å². The van der Waals surface area contributed by atoms with E-state index in [0.29, 0.717) is 0 Å². The zero-order chi connectivity index (χ0) is 14.5. The fraction of sp³-hybridized carbons (Fsp3) is 0.250. The summed E-state index contributed by atoms with van der Waals surface area (Å²) in [7, 11) is 3.28. The zero-order valence-electron chi connectivity index (χ0n) is 11.8. The molecule has 0 amide bonds. The van der Waals surface area contributed by atoms with E-state index in [1.807, 2.05) is 42.5 Å². The van der Waals surface area contributed by atoms with Gasteiger partial charge in [-0.3, -0.25) is 0 Å². The van der Waals surface area contributed by atoms with Crippen molar-refractivity contribution in [2.24, 2.45) is 0 Å². The van der Waals surface area contributed by atoms with E-state index in [4.69, 9.17) is 21.1 Å². The predicted molar refractivity (Wildman–Crippen MR) is 83.0 cm³/mol. The van der Waals surface area contributed by atoms with E-state index >= 15 is 0 Å². The first-order valence-corrected chi connectivity index (χ1v) is 6.76. The lowest BCUT2D eigenvalue weighted by atomic mass is 10.1. The van der Waals surface area contributed by atoms with Crippen molar-refractivity contribution in [1.82, 2.24) is 0 Å². The first kappa shape index (κ1) is 14.5. The Labute approximate surface area is 124 Å². The number of rotatable bonds is 5. The second-order valence-corrected chi connectivity index (χ2v) is 4.92. The van der Waals surface area contributed by atoms with Gasteiger partial charge in [-0.2, -0.15) is 0 Å². The van der Waals surface area contributed by atoms with Crippen LogP contribution >= 0.6 is 11.6 Å². The quantitative estimate of drug-likeness (QED) is 0.878. The molecular weight excluding hydrogens is 274 g/mol. The number of nitrogens with one attached hydrogen (secondary N) is 1. The predicted octanol–water partition coefficient (Wildman–Crippen LogP) is 4.53. The lowest BCUT2D eigenvalue weighted by molar-refractivity contribution is 0.395. The highest BCUT2D eigenvalue weighted by atomic mass is 35.5. The molecule has 1 atom stereocenters. The van der Waals surface area contributed by atoms with Crippen LogP contribution in [0.3, 0.4) is 0 Å². The summed E-state index contributed by atoms with van der Waals surface area (Å²) in [4.78, 5) is 0. The van der Waals surface area contributed by atoms with Gasteiger partial charge in [-0.05, 0) is 36.8 Å². The number of ether oxygens (including phenoxy) is 2. The number of halogens is 1. The Morgan fingerprint density at radius 1 is 1.05 bits per heavy atom. The first-order chi connectivity index (χ1) is 9.63. The van der Waals surface area contributed by atoms with Crippen LogP contribution in [0.2, 0.25) is 5.02 Å². The van der Waals surface area contributed by atoms with E-state index in [9.17, 15) is 0 Å². The number of benzene rings is 2. The highest BCUT2D eigenvalue weighted by molar-refractivity contribution is 6.30. The monoisotopic (exact) mass is 291 g/mol. The van der Waals surface area contributed by atoms with Crippen LogP contribution in [0.15, 0.2) is 42.5 Å². The van der Waals surface area contributed by atoms with Crippen molar-refractivity contribution in [2.45, 2.75) is 13.0 Å². The summed E-state index contributed by atoms with van der Waals surface area (Å²) in [6.45, 7) is 2.08. The zero-order valence-corrected chi connectivity index (χ0v) is 12.6. The molecule has 106 valence electrons. The molecule has 3 nitrogen and oxygen atoms in total. The number of methoxy groups -OCH3 is 2. The van der Waals surface area contributed by atoms with Crippen molar-refractivity contribution in [1.29, 1.82) is 0 Å². The molecule has 0 bridgehead atoms. The number of anilines is 1. The summed E-state index contributed by atoms with van der Waals surface area (Å²) < 4.78 is 10.6. The van der Waals surface area contributed by atoms with Gasteiger partial charge in [0, 0.05) is 17.1 Å². The number of hydrogen-bond acceptors (Lipinski definition) is 3. The van der Waals surface area contributed by atoms with Crippen LogP contribution in [0, 0.1) is 0 Å². The molecule has 0 fully saturated rings. The van der Waals surface area contributed by atoms with Gasteiger partial charge in [-0.25, -0.2) is 0 Å². The second kappa shape index (κ2) is 6.53. The number of hydrogen-bond donors (Lipinski definition) is 1. The fourth-order valence-corrected chi connectivity index (χ4v) is 2.21. The molecule has 0 aliphatic heterocycles. The Hall–Kier alpha value is -1.87. The smallest absolute Gasteiger partial charge is 0.145 e. The second-order valence-electron chi connectivity index (χ2n) is 4.49. The molecule has 2 rings (SSSR count). The SMILES string of the molecule is COc1ccc(NC(C)c2cccc(Cl)c2)c(OC)c1. The maximum Gasteiger partial charge on any atom is 0.145 e. The van der Waals surface area contributed by atoms with Crippen LogP contribution in [-0.4, -0.2) is 14.2 Å².